The Labute approximate surface area is 107 Å². The molecule has 0 aromatic carbocycles. The van der Waals surface area contributed by atoms with Crippen LogP contribution in [0.5, 0.6) is 0 Å². The molecule has 0 spiro atoms. The molecular formula is C12H23F3N2O. The number of rotatable bonds is 7. The average Bonchev–Trinajstić information content (AvgIpc) is 2.71. The summed E-state index contributed by atoms with van der Waals surface area (Å²) in [6.07, 6.45) is -3.11. The monoisotopic (exact) mass is 268 g/mol. The quantitative estimate of drug-likeness (QED) is 0.763. The molecule has 0 aliphatic carbocycles. The van der Waals surface area contributed by atoms with E-state index in [-0.39, 0.29) is 12.0 Å². The van der Waals surface area contributed by atoms with Crippen LogP contribution in [0.4, 0.5) is 13.2 Å². The van der Waals surface area contributed by atoms with Gasteiger partial charge in [-0.25, -0.2) is 0 Å². The topological polar surface area (TPSA) is 24.5 Å². The summed E-state index contributed by atoms with van der Waals surface area (Å²) >= 11 is 0. The minimum atomic E-state index is -4.12. The predicted molar refractivity (Wildman–Crippen MR) is 64.6 cm³/mol. The molecule has 2 atom stereocenters. The number of alkyl halides is 3. The highest BCUT2D eigenvalue weighted by Crippen LogP contribution is 2.20. The van der Waals surface area contributed by atoms with Crippen molar-refractivity contribution in [3.8, 4) is 0 Å². The third-order valence-electron chi connectivity index (χ3n) is 3.20. The van der Waals surface area contributed by atoms with Crippen LogP contribution >= 0.6 is 0 Å². The largest absolute Gasteiger partial charge is 0.401 e. The van der Waals surface area contributed by atoms with Crippen molar-refractivity contribution in [2.45, 2.75) is 32.5 Å². The van der Waals surface area contributed by atoms with Gasteiger partial charge in [0.1, 0.15) is 0 Å². The van der Waals surface area contributed by atoms with Crippen molar-refractivity contribution in [1.29, 1.82) is 0 Å². The Kier molecular flexibility index (Phi) is 6.38. The second-order valence-corrected chi connectivity index (χ2v) is 4.80. The fourth-order valence-electron chi connectivity index (χ4n) is 2.22. The van der Waals surface area contributed by atoms with Gasteiger partial charge in [-0.15, -0.1) is 0 Å². The smallest absolute Gasteiger partial charge is 0.379 e. The van der Waals surface area contributed by atoms with Crippen molar-refractivity contribution in [3.63, 3.8) is 0 Å². The zero-order valence-electron chi connectivity index (χ0n) is 11.1. The Balaban J connectivity index is 2.42. The van der Waals surface area contributed by atoms with E-state index in [1.807, 2.05) is 0 Å². The van der Waals surface area contributed by atoms with Gasteiger partial charge < -0.3 is 10.1 Å². The molecule has 1 saturated heterocycles. The number of nitrogens with zero attached hydrogens (tertiary/aromatic N) is 1. The molecule has 1 N–H and O–H groups in total. The van der Waals surface area contributed by atoms with E-state index in [0.29, 0.717) is 26.3 Å². The van der Waals surface area contributed by atoms with Crippen LogP contribution in [-0.2, 0) is 4.74 Å². The third-order valence-corrected chi connectivity index (χ3v) is 3.20. The molecule has 0 radical (unpaired) electrons. The van der Waals surface area contributed by atoms with E-state index < -0.39 is 12.7 Å². The Hall–Kier alpha value is -0.330. The number of halogens is 3. The van der Waals surface area contributed by atoms with E-state index in [1.54, 1.807) is 6.92 Å². The molecular weight excluding hydrogens is 245 g/mol. The first-order valence-electron chi connectivity index (χ1n) is 6.56. The summed E-state index contributed by atoms with van der Waals surface area (Å²) < 4.78 is 42.5. The molecule has 1 rings (SSSR count). The van der Waals surface area contributed by atoms with E-state index in [4.69, 9.17) is 4.74 Å². The average molecular weight is 268 g/mol. The first-order valence-corrected chi connectivity index (χ1v) is 6.56. The molecule has 2 unspecified atom stereocenters. The zero-order valence-corrected chi connectivity index (χ0v) is 11.1. The van der Waals surface area contributed by atoms with Gasteiger partial charge in [0.2, 0.25) is 0 Å². The van der Waals surface area contributed by atoms with Gasteiger partial charge in [-0.05, 0) is 19.5 Å². The molecule has 0 saturated carbocycles. The van der Waals surface area contributed by atoms with Crippen LogP contribution in [0.1, 0.15) is 20.3 Å². The summed E-state index contributed by atoms with van der Waals surface area (Å²) in [5.74, 6) is 0.152. The van der Waals surface area contributed by atoms with Gasteiger partial charge in [-0.3, -0.25) is 4.90 Å². The summed E-state index contributed by atoms with van der Waals surface area (Å²) in [4.78, 5) is 1.44. The fraction of sp³-hybridized carbons (Fsp3) is 1.00. The van der Waals surface area contributed by atoms with Crippen LogP contribution in [-0.4, -0.2) is 56.5 Å². The SMILES string of the molecule is CCCNC1COCC1CN(CC)CC(F)(F)F. The van der Waals surface area contributed by atoms with Gasteiger partial charge in [0, 0.05) is 18.5 Å². The van der Waals surface area contributed by atoms with Gasteiger partial charge in [0.15, 0.2) is 0 Å². The minimum absolute atomic E-state index is 0.152. The second-order valence-electron chi connectivity index (χ2n) is 4.80. The van der Waals surface area contributed by atoms with E-state index in [9.17, 15) is 13.2 Å². The summed E-state index contributed by atoms with van der Waals surface area (Å²) in [6, 6.07) is 0.187. The van der Waals surface area contributed by atoms with E-state index in [0.717, 1.165) is 13.0 Å². The lowest BCUT2D eigenvalue weighted by Crippen LogP contribution is -2.44. The van der Waals surface area contributed by atoms with Crippen molar-refractivity contribution in [1.82, 2.24) is 10.2 Å². The lowest BCUT2D eigenvalue weighted by atomic mass is 10.0. The molecule has 108 valence electrons. The van der Waals surface area contributed by atoms with Crippen LogP contribution in [0, 0.1) is 5.92 Å². The van der Waals surface area contributed by atoms with Crippen LogP contribution < -0.4 is 5.32 Å². The lowest BCUT2D eigenvalue weighted by molar-refractivity contribution is -0.146. The molecule has 0 bridgehead atoms. The summed E-state index contributed by atoms with van der Waals surface area (Å²) in [5.41, 5.74) is 0. The molecule has 1 aliphatic rings. The highest BCUT2D eigenvalue weighted by molar-refractivity contribution is 4.83. The van der Waals surface area contributed by atoms with Gasteiger partial charge in [0.05, 0.1) is 19.8 Å². The van der Waals surface area contributed by atoms with Crippen LogP contribution in [0.2, 0.25) is 0 Å². The molecule has 1 fully saturated rings. The number of nitrogens with one attached hydrogen (secondary N) is 1. The van der Waals surface area contributed by atoms with Gasteiger partial charge >= 0.3 is 6.18 Å². The number of hydrogen-bond acceptors (Lipinski definition) is 3. The Bertz CT molecular complexity index is 236. The van der Waals surface area contributed by atoms with E-state index >= 15 is 0 Å². The lowest BCUT2D eigenvalue weighted by Gasteiger charge is -2.27. The maximum absolute atomic E-state index is 12.4. The maximum Gasteiger partial charge on any atom is 0.401 e. The van der Waals surface area contributed by atoms with Crippen molar-refractivity contribution >= 4 is 0 Å². The summed E-state index contributed by atoms with van der Waals surface area (Å²) in [6.45, 7) is 5.89. The molecule has 1 heterocycles. The highest BCUT2D eigenvalue weighted by Gasteiger charge is 2.34. The van der Waals surface area contributed by atoms with E-state index in [1.165, 1.54) is 4.90 Å². The second kappa shape index (κ2) is 7.31. The minimum Gasteiger partial charge on any atom is -0.379 e. The van der Waals surface area contributed by atoms with Gasteiger partial charge in [-0.1, -0.05) is 13.8 Å². The number of ether oxygens (including phenoxy) is 1. The highest BCUT2D eigenvalue weighted by atomic mass is 19.4. The van der Waals surface area contributed by atoms with Crippen molar-refractivity contribution in [3.05, 3.63) is 0 Å². The standard InChI is InChI=1S/C12H23F3N2O/c1-3-5-16-11-8-18-7-10(11)6-17(4-2)9-12(13,14)15/h10-11,16H,3-9H2,1-2H3. The molecule has 1 aliphatic heterocycles. The summed E-state index contributed by atoms with van der Waals surface area (Å²) in [5, 5.41) is 3.34. The van der Waals surface area contributed by atoms with Crippen LogP contribution in [0.3, 0.4) is 0 Å². The van der Waals surface area contributed by atoms with E-state index in [2.05, 4.69) is 12.2 Å². The molecule has 0 amide bonds. The predicted octanol–water partition coefficient (Wildman–Crippen LogP) is 1.89. The van der Waals surface area contributed by atoms with Gasteiger partial charge in [0.25, 0.3) is 0 Å². The fourth-order valence-corrected chi connectivity index (χ4v) is 2.22. The normalized spacial score (nSPS) is 25.0. The first kappa shape index (κ1) is 15.7. The molecule has 18 heavy (non-hydrogen) atoms. The Morgan fingerprint density at radius 2 is 2.00 bits per heavy atom. The third kappa shape index (κ3) is 5.54. The molecule has 6 heteroatoms. The van der Waals surface area contributed by atoms with Crippen molar-refractivity contribution in [2.75, 3.05) is 39.4 Å². The van der Waals surface area contributed by atoms with Crippen LogP contribution in [0.15, 0.2) is 0 Å². The maximum atomic E-state index is 12.4. The molecule has 0 aromatic heterocycles. The van der Waals surface area contributed by atoms with Crippen molar-refractivity contribution in [2.24, 2.45) is 5.92 Å². The van der Waals surface area contributed by atoms with Gasteiger partial charge in [-0.2, -0.15) is 13.2 Å². The number of hydrogen-bond donors (Lipinski definition) is 1. The Morgan fingerprint density at radius 1 is 1.28 bits per heavy atom. The summed E-state index contributed by atoms with van der Waals surface area (Å²) in [7, 11) is 0. The zero-order chi connectivity index (χ0) is 13.6. The molecule has 3 nitrogen and oxygen atoms in total. The van der Waals surface area contributed by atoms with Crippen LogP contribution in [0.25, 0.3) is 0 Å². The Morgan fingerprint density at radius 3 is 2.56 bits per heavy atom. The first-order chi connectivity index (χ1) is 8.46. The molecule has 0 aromatic rings. The van der Waals surface area contributed by atoms with Crippen molar-refractivity contribution < 1.29 is 17.9 Å².